The number of rotatable bonds is 7. The monoisotopic (exact) mass is 420 g/mol. The van der Waals surface area contributed by atoms with E-state index in [-0.39, 0.29) is 30.1 Å². The third kappa shape index (κ3) is 4.97. The van der Waals surface area contributed by atoms with Crippen LogP contribution in [0.2, 0.25) is 0 Å². The molecule has 0 aliphatic rings. The van der Waals surface area contributed by atoms with Crippen molar-refractivity contribution in [2.24, 2.45) is 5.14 Å². The number of nitrogens with two attached hydrogens (primary N) is 2. The van der Waals surface area contributed by atoms with Crippen molar-refractivity contribution in [2.75, 3.05) is 18.2 Å². The number of nitrogens with one attached hydrogen (secondary N) is 1. The molecule has 0 saturated heterocycles. The lowest BCUT2D eigenvalue weighted by molar-refractivity contribution is 0.0419. The van der Waals surface area contributed by atoms with Crippen molar-refractivity contribution < 1.29 is 27.1 Å². The topological polar surface area (TPSA) is 186 Å². The molecule has 0 unspecified atom stereocenters. The van der Waals surface area contributed by atoms with Crippen molar-refractivity contribution in [1.82, 2.24) is 15.0 Å². The molecule has 29 heavy (non-hydrogen) atoms. The molecular formula is C16H16N6O6S. The largest absolute Gasteiger partial charge is 0.495 e. The standard InChI is InChI=1S/C16H16N6O6S/c1-26-10-5-3-2-4-9(10)19-16-21-12(20-15(17)22-16)8-27-14(23)11-6-7-13(28-11)29(18,24)25/h2-7H,8H2,1H3,(H2,18,24,25)(H3,17,19,20,21,22). The summed E-state index contributed by atoms with van der Waals surface area (Å²) in [4.78, 5) is 24.0. The van der Waals surface area contributed by atoms with Gasteiger partial charge in [0.05, 0.1) is 12.8 Å². The molecule has 12 nitrogen and oxygen atoms in total. The maximum atomic E-state index is 12.0. The van der Waals surface area contributed by atoms with Crippen molar-refractivity contribution >= 4 is 33.6 Å². The van der Waals surface area contributed by atoms with Crippen LogP contribution >= 0.6 is 0 Å². The number of hydrogen-bond donors (Lipinski definition) is 3. The number of primary sulfonamides is 1. The number of nitrogens with zero attached hydrogens (tertiary/aromatic N) is 3. The van der Waals surface area contributed by atoms with Crippen LogP contribution in [0.25, 0.3) is 0 Å². The van der Waals surface area contributed by atoms with E-state index in [9.17, 15) is 13.2 Å². The highest BCUT2D eigenvalue weighted by Gasteiger charge is 2.19. The molecule has 5 N–H and O–H groups in total. The van der Waals surface area contributed by atoms with Gasteiger partial charge in [0.2, 0.25) is 22.7 Å². The van der Waals surface area contributed by atoms with Gasteiger partial charge in [0.25, 0.3) is 10.0 Å². The fourth-order valence-corrected chi connectivity index (χ4v) is 2.67. The molecule has 0 bridgehead atoms. The summed E-state index contributed by atoms with van der Waals surface area (Å²) in [7, 11) is -2.55. The average molecular weight is 420 g/mol. The van der Waals surface area contributed by atoms with Gasteiger partial charge >= 0.3 is 5.97 Å². The molecule has 0 spiro atoms. The highest BCUT2D eigenvalue weighted by Crippen LogP contribution is 2.25. The normalized spacial score (nSPS) is 11.1. The summed E-state index contributed by atoms with van der Waals surface area (Å²) in [5, 5.41) is 7.30. The molecular weight excluding hydrogens is 404 g/mol. The number of sulfonamides is 1. The number of esters is 1. The zero-order valence-corrected chi connectivity index (χ0v) is 15.8. The first-order chi connectivity index (χ1) is 13.8. The summed E-state index contributed by atoms with van der Waals surface area (Å²) in [6.45, 7) is -0.364. The minimum atomic E-state index is -4.07. The van der Waals surface area contributed by atoms with Crippen LogP contribution in [-0.4, -0.2) is 36.4 Å². The smallest absolute Gasteiger partial charge is 0.374 e. The van der Waals surface area contributed by atoms with E-state index in [4.69, 9.17) is 24.8 Å². The molecule has 0 aliphatic heterocycles. The van der Waals surface area contributed by atoms with Gasteiger partial charge in [-0.15, -0.1) is 0 Å². The van der Waals surface area contributed by atoms with E-state index in [1.807, 2.05) is 0 Å². The lowest BCUT2D eigenvalue weighted by atomic mass is 10.3. The quantitative estimate of drug-likeness (QED) is 0.459. The summed E-state index contributed by atoms with van der Waals surface area (Å²) in [5.74, 6) is -0.647. The number of carbonyl (C=O) groups excluding carboxylic acids is 1. The van der Waals surface area contributed by atoms with Gasteiger partial charge < -0.3 is 24.9 Å². The maximum Gasteiger partial charge on any atom is 0.374 e. The zero-order chi connectivity index (χ0) is 21.0. The van der Waals surface area contributed by atoms with Gasteiger partial charge in [-0.2, -0.15) is 15.0 Å². The number of ether oxygens (including phenoxy) is 2. The van der Waals surface area contributed by atoms with Crippen molar-refractivity contribution in [2.45, 2.75) is 11.7 Å². The minimum absolute atomic E-state index is 0.0569. The highest BCUT2D eigenvalue weighted by atomic mass is 32.2. The number of furan rings is 1. The number of methoxy groups -OCH3 is 1. The highest BCUT2D eigenvalue weighted by molar-refractivity contribution is 7.89. The molecule has 3 aromatic rings. The van der Waals surface area contributed by atoms with E-state index < -0.39 is 21.1 Å². The van der Waals surface area contributed by atoms with Crippen LogP contribution in [0.5, 0.6) is 5.75 Å². The Hall–Kier alpha value is -3.71. The molecule has 0 atom stereocenters. The number of aromatic nitrogens is 3. The summed E-state index contributed by atoms with van der Waals surface area (Å²) in [6.07, 6.45) is 0. The Labute approximate surface area is 164 Å². The van der Waals surface area contributed by atoms with E-state index >= 15 is 0 Å². The van der Waals surface area contributed by atoms with E-state index in [1.165, 1.54) is 7.11 Å². The van der Waals surface area contributed by atoms with Gasteiger partial charge in [0.1, 0.15) is 5.75 Å². The van der Waals surface area contributed by atoms with Crippen molar-refractivity contribution in [3.05, 3.63) is 48.0 Å². The Morgan fingerprint density at radius 2 is 1.93 bits per heavy atom. The SMILES string of the molecule is COc1ccccc1Nc1nc(N)nc(COC(=O)c2ccc(S(N)(=O)=O)o2)n1. The number of carbonyl (C=O) groups is 1. The van der Waals surface area contributed by atoms with Gasteiger partial charge in [0.15, 0.2) is 12.4 Å². The lowest BCUT2D eigenvalue weighted by Gasteiger charge is -2.10. The third-order valence-electron chi connectivity index (χ3n) is 3.45. The van der Waals surface area contributed by atoms with Gasteiger partial charge in [-0.05, 0) is 24.3 Å². The minimum Gasteiger partial charge on any atom is -0.495 e. The van der Waals surface area contributed by atoms with Crippen LogP contribution in [0.15, 0.2) is 45.9 Å². The second kappa shape index (κ2) is 8.12. The second-order valence-corrected chi connectivity index (χ2v) is 6.99. The maximum absolute atomic E-state index is 12.0. The molecule has 0 saturated carbocycles. The first-order valence-corrected chi connectivity index (χ1v) is 9.51. The van der Waals surface area contributed by atoms with Crippen molar-refractivity contribution in [1.29, 1.82) is 0 Å². The second-order valence-electron chi connectivity index (χ2n) is 5.50. The van der Waals surface area contributed by atoms with Gasteiger partial charge in [-0.1, -0.05) is 12.1 Å². The number of hydrogen-bond acceptors (Lipinski definition) is 11. The first kappa shape index (κ1) is 20.0. The summed E-state index contributed by atoms with van der Waals surface area (Å²) >= 11 is 0. The molecule has 1 aromatic carbocycles. The fourth-order valence-electron chi connectivity index (χ4n) is 2.21. The Bertz CT molecular complexity index is 1150. The predicted molar refractivity (Wildman–Crippen MR) is 99.7 cm³/mol. The van der Waals surface area contributed by atoms with E-state index in [1.54, 1.807) is 24.3 Å². The molecule has 2 aromatic heterocycles. The van der Waals surface area contributed by atoms with Crippen LogP contribution in [0, 0.1) is 0 Å². The van der Waals surface area contributed by atoms with Crippen LogP contribution in [-0.2, 0) is 21.4 Å². The van der Waals surface area contributed by atoms with Crippen LogP contribution in [0.1, 0.15) is 16.4 Å². The predicted octanol–water partition coefficient (Wildman–Crippen LogP) is 0.803. The number of benzene rings is 1. The van der Waals surface area contributed by atoms with E-state index in [0.29, 0.717) is 11.4 Å². The molecule has 0 aliphatic carbocycles. The molecule has 0 amide bonds. The van der Waals surface area contributed by atoms with Crippen LogP contribution in [0.3, 0.4) is 0 Å². The number of para-hydroxylation sites is 2. The van der Waals surface area contributed by atoms with Gasteiger partial charge in [-0.25, -0.2) is 18.4 Å². The summed E-state index contributed by atoms with van der Waals surface area (Å²) in [6, 6.07) is 9.25. The molecule has 3 rings (SSSR count). The first-order valence-electron chi connectivity index (χ1n) is 7.96. The van der Waals surface area contributed by atoms with Crippen LogP contribution < -0.4 is 20.9 Å². The Morgan fingerprint density at radius 3 is 2.62 bits per heavy atom. The van der Waals surface area contributed by atoms with Crippen molar-refractivity contribution in [3.63, 3.8) is 0 Å². The zero-order valence-electron chi connectivity index (χ0n) is 15.0. The number of anilines is 3. The average Bonchev–Trinajstić information content (AvgIpc) is 3.17. The fraction of sp³-hybridized carbons (Fsp3) is 0.125. The third-order valence-corrected chi connectivity index (χ3v) is 4.23. The Balaban J connectivity index is 1.71. The Morgan fingerprint density at radius 1 is 1.17 bits per heavy atom. The summed E-state index contributed by atoms with van der Waals surface area (Å²) in [5.41, 5.74) is 6.27. The number of nitrogen functional groups attached to an aromatic ring is 1. The van der Waals surface area contributed by atoms with Gasteiger partial charge in [0, 0.05) is 0 Å². The lowest BCUT2D eigenvalue weighted by Crippen LogP contribution is -2.12. The molecule has 152 valence electrons. The molecule has 2 heterocycles. The van der Waals surface area contributed by atoms with Crippen LogP contribution in [0.4, 0.5) is 17.6 Å². The molecule has 13 heteroatoms. The van der Waals surface area contributed by atoms with Crippen molar-refractivity contribution in [3.8, 4) is 5.75 Å². The molecule has 0 radical (unpaired) electrons. The van der Waals surface area contributed by atoms with E-state index in [0.717, 1.165) is 12.1 Å². The Kier molecular flexibility index (Phi) is 5.61. The van der Waals surface area contributed by atoms with E-state index in [2.05, 4.69) is 20.3 Å². The molecule has 0 fully saturated rings. The van der Waals surface area contributed by atoms with Gasteiger partial charge in [-0.3, -0.25) is 0 Å². The summed E-state index contributed by atoms with van der Waals surface area (Å²) < 4.78 is 37.5.